The van der Waals surface area contributed by atoms with Crippen molar-refractivity contribution in [3.63, 3.8) is 0 Å². The molecule has 0 saturated carbocycles. The quantitative estimate of drug-likeness (QED) is 0.775. The minimum atomic E-state index is -1.41. The number of hydrogen-bond acceptors (Lipinski definition) is 3. The summed E-state index contributed by atoms with van der Waals surface area (Å²) in [6.45, 7) is 0.325. The van der Waals surface area contributed by atoms with E-state index in [1.165, 1.54) is 11.9 Å². The highest BCUT2D eigenvalue weighted by Gasteiger charge is 2.48. The average Bonchev–Trinajstić information content (AvgIpc) is 2.97. The number of carboxylic acid groups (broad SMARTS) is 1. The van der Waals surface area contributed by atoms with Crippen LogP contribution in [0.1, 0.15) is 31.2 Å². The normalized spacial score (nSPS) is 20.4. The van der Waals surface area contributed by atoms with Gasteiger partial charge in [0.2, 0.25) is 5.91 Å². The molecule has 0 aromatic heterocycles. The molecule has 1 atom stereocenters. The monoisotopic (exact) mass is 344 g/mol. The molecule has 0 aliphatic carbocycles. The lowest BCUT2D eigenvalue weighted by Crippen LogP contribution is -2.61. The summed E-state index contributed by atoms with van der Waals surface area (Å²) >= 11 is 0. The van der Waals surface area contributed by atoms with Crippen molar-refractivity contribution in [3.05, 3.63) is 35.1 Å². The zero-order valence-corrected chi connectivity index (χ0v) is 13.2. The van der Waals surface area contributed by atoms with Gasteiger partial charge in [0.05, 0.1) is 0 Å². The molecule has 1 saturated heterocycles. The van der Waals surface area contributed by atoms with Crippen LogP contribution in [0.2, 0.25) is 0 Å². The molecule has 0 bridgehead atoms. The average molecular weight is 344 g/mol. The number of nitrogens with one attached hydrogen (secondary N) is 1. The van der Waals surface area contributed by atoms with Crippen LogP contribution in [-0.2, 0) is 16.0 Å². The minimum absolute atomic E-state index is 0.00482. The van der Waals surface area contributed by atoms with Crippen molar-refractivity contribution in [3.8, 4) is 0 Å². The molecule has 1 aliphatic rings. The number of hydrogen-bond donors (Lipinski definition) is 2. The maximum atomic E-state index is 13.5. The second-order valence-corrected chi connectivity index (χ2v) is 5.78. The Morgan fingerprint density at radius 3 is 2.54 bits per heavy atom. The third-order valence-corrected chi connectivity index (χ3v) is 4.38. The Bertz CT molecular complexity index is 654. The number of benzene rings is 1. The fraction of sp³-hybridized carbons (Fsp3) is 0.500. The van der Waals surface area contributed by atoms with Crippen molar-refractivity contribution in [1.82, 2.24) is 10.2 Å². The second-order valence-electron chi connectivity index (χ2n) is 5.78. The van der Waals surface area contributed by atoms with Crippen LogP contribution in [0.25, 0.3) is 0 Å². The largest absolute Gasteiger partial charge is 0.478 e. The number of likely N-dealkylation sites (N-methyl/N-ethyl adjacent to an activating group) is 1. The Morgan fingerprint density at radius 2 is 1.92 bits per heavy atom. The van der Waals surface area contributed by atoms with E-state index >= 15 is 0 Å². The molecule has 0 radical (unpaired) electrons. The van der Waals surface area contributed by atoms with E-state index in [4.69, 9.17) is 0 Å². The Kier molecular flexibility index (Phi) is 5.48. The first kappa shape index (κ1) is 18.3. The highest BCUT2D eigenvalue weighted by atomic mass is 19.2. The number of carbonyl (C=O) groups excluding carboxylic acids is 1. The summed E-state index contributed by atoms with van der Waals surface area (Å²) < 4.78 is 39.6. The number of amides is 1. The molecule has 1 aromatic carbocycles. The molecule has 132 valence electrons. The van der Waals surface area contributed by atoms with Crippen molar-refractivity contribution in [1.29, 1.82) is 0 Å². The predicted octanol–water partition coefficient (Wildman–Crippen LogP) is 2.05. The summed E-state index contributed by atoms with van der Waals surface area (Å²) in [6.07, 6.45) is 1.13. The predicted molar refractivity (Wildman–Crippen MR) is 79.6 cm³/mol. The van der Waals surface area contributed by atoms with E-state index < -0.39 is 29.1 Å². The molecule has 1 aliphatic heterocycles. The van der Waals surface area contributed by atoms with E-state index in [1.807, 2.05) is 0 Å². The second kappa shape index (κ2) is 7.21. The standard InChI is InChI=1S/C16H19F3N2O3/c1-20-16(15(23)24)6-3-7-21(16)14(22)5-2-4-10-8-12(18)13(19)9-11(10)17/h8-9,20H,2-7H2,1H3,(H,23,24)/t16-/m0/s1. The molecular formula is C16H19F3N2O3. The van der Waals surface area contributed by atoms with Gasteiger partial charge < -0.3 is 10.0 Å². The molecular weight excluding hydrogens is 325 g/mol. The lowest BCUT2D eigenvalue weighted by molar-refractivity contribution is -0.158. The fourth-order valence-electron chi connectivity index (χ4n) is 3.07. The Balaban J connectivity index is 1.99. The van der Waals surface area contributed by atoms with Crippen molar-refractivity contribution < 1.29 is 27.9 Å². The topological polar surface area (TPSA) is 69.6 Å². The fourth-order valence-corrected chi connectivity index (χ4v) is 3.07. The van der Waals surface area contributed by atoms with E-state index in [0.29, 0.717) is 25.5 Å². The lowest BCUT2D eigenvalue weighted by atomic mass is 10.0. The van der Waals surface area contributed by atoms with E-state index in [-0.39, 0.29) is 30.7 Å². The number of aliphatic carboxylic acids is 1. The van der Waals surface area contributed by atoms with Gasteiger partial charge >= 0.3 is 5.97 Å². The Morgan fingerprint density at radius 1 is 1.25 bits per heavy atom. The molecule has 1 aromatic rings. The van der Waals surface area contributed by atoms with Crippen LogP contribution < -0.4 is 5.32 Å². The van der Waals surface area contributed by atoms with Gasteiger partial charge in [-0.1, -0.05) is 0 Å². The highest BCUT2D eigenvalue weighted by Crippen LogP contribution is 2.28. The first-order valence-electron chi connectivity index (χ1n) is 7.68. The zero-order chi connectivity index (χ0) is 17.9. The highest BCUT2D eigenvalue weighted by molar-refractivity contribution is 5.87. The van der Waals surface area contributed by atoms with E-state index in [9.17, 15) is 27.9 Å². The molecule has 1 amide bonds. The van der Waals surface area contributed by atoms with Crippen LogP contribution >= 0.6 is 0 Å². The van der Waals surface area contributed by atoms with Crippen LogP contribution in [-0.4, -0.2) is 41.1 Å². The summed E-state index contributed by atoms with van der Waals surface area (Å²) in [5, 5.41) is 12.1. The molecule has 0 spiro atoms. The van der Waals surface area contributed by atoms with Crippen LogP contribution in [0.15, 0.2) is 12.1 Å². The van der Waals surface area contributed by atoms with Crippen LogP contribution in [0.4, 0.5) is 13.2 Å². The first-order chi connectivity index (χ1) is 11.3. The minimum Gasteiger partial charge on any atom is -0.478 e. The van der Waals surface area contributed by atoms with Gasteiger partial charge in [0.25, 0.3) is 0 Å². The summed E-state index contributed by atoms with van der Waals surface area (Å²) in [6, 6.07) is 1.25. The number of carboxylic acids is 1. The number of likely N-dealkylation sites (tertiary alicyclic amines) is 1. The third-order valence-electron chi connectivity index (χ3n) is 4.38. The maximum absolute atomic E-state index is 13.5. The first-order valence-corrected chi connectivity index (χ1v) is 7.68. The van der Waals surface area contributed by atoms with Gasteiger partial charge in [-0.2, -0.15) is 0 Å². The summed E-state index contributed by atoms with van der Waals surface area (Å²) in [5.41, 5.74) is -1.43. The van der Waals surface area contributed by atoms with E-state index in [0.717, 1.165) is 6.07 Å². The lowest BCUT2D eigenvalue weighted by Gasteiger charge is -2.34. The number of nitrogens with zero attached hydrogens (tertiary/aromatic N) is 1. The number of carbonyl (C=O) groups is 2. The molecule has 1 fully saturated rings. The van der Waals surface area contributed by atoms with Gasteiger partial charge in [-0.05, 0) is 44.4 Å². The van der Waals surface area contributed by atoms with E-state index in [2.05, 4.69) is 5.32 Å². The van der Waals surface area contributed by atoms with Gasteiger partial charge in [-0.3, -0.25) is 10.1 Å². The molecule has 0 unspecified atom stereocenters. The number of rotatable bonds is 6. The number of aryl methyl sites for hydroxylation is 1. The molecule has 2 rings (SSSR count). The molecule has 5 nitrogen and oxygen atoms in total. The Labute approximate surface area is 137 Å². The molecule has 8 heteroatoms. The third kappa shape index (κ3) is 3.38. The van der Waals surface area contributed by atoms with E-state index in [1.54, 1.807) is 0 Å². The van der Waals surface area contributed by atoms with Gasteiger partial charge in [-0.25, -0.2) is 18.0 Å². The zero-order valence-electron chi connectivity index (χ0n) is 13.2. The summed E-state index contributed by atoms with van der Waals surface area (Å²) in [4.78, 5) is 25.1. The Hall–Kier alpha value is -2.09. The van der Waals surface area contributed by atoms with Gasteiger partial charge in [0.15, 0.2) is 17.3 Å². The van der Waals surface area contributed by atoms with Crippen LogP contribution in [0.5, 0.6) is 0 Å². The van der Waals surface area contributed by atoms with Crippen LogP contribution in [0.3, 0.4) is 0 Å². The smallest absolute Gasteiger partial charge is 0.344 e. The van der Waals surface area contributed by atoms with Gasteiger partial charge in [-0.15, -0.1) is 0 Å². The maximum Gasteiger partial charge on any atom is 0.344 e. The summed E-state index contributed by atoms with van der Waals surface area (Å²) in [5.74, 6) is -4.76. The van der Waals surface area contributed by atoms with Crippen molar-refractivity contribution >= 4 is 11.9 Å². The molecule has 24 heavy (non-hydrogen) atoms. The molecule has 2 N–H and O–H groups in total. The SMILES string of the molecule is CN[C@@]1(C(=O)O)CCCN1C(=O)CCCc1cc(F)c(F)cc1F. The van der Waals surface area contributed by atoms with Crippen molar-refractivity contribution in [2.45, 2.75) is 37.8 Å². The van der Waals surface area contributed by atoms with Gasteiger partial charge in [0, 0.05) is 19.0 Å². The molecule has 1 heterocycles. The van der Waals surface area contributed by atoms with Gasteiger partial charge in [0.1, 0.15) is 5.82 Å². The van der Waals surface area contributed by atoms with Crippen molar-refractivity contribution in [2.24, 2.45) is 0 Å². The summed E-state index contributed by atoms with van der Waals surface area (Å²) in [7, 11) is 1.48. The van der Waals surface area contributed by atoms with Crippen LogP contribution in [0, 0.1) is 17.5 Å². The van der Waals surface area contributed by atoms with Crippen molar-refractivity contribution in [2.75, 3.05) is 13.6 Å². The number of halogens is 3.